The number of rotatable bonds is 53. The average molecular weight is 2090 g/mol. The number of nitrogens with two attached hydrogens (primary N) is 2. The molecule has 0 bridgehead atoms. The van der Waals surface area contributed by atoms with Gasteiger partial charge in [0.2, 0.25) is 118 Å². The number of allylic oxidation sites excluding steroid dienone is 3. The molecule has 0 unspecified atom stereocenters. The van der Waals surface area contributed by atoms with Gasteiger partial charge >= 0.3 is 0 Å². The quantitative estimate of drug-likeness (QED) is 0.0271. The largest absolute Gasteiger partial charge is 0.394 e. The molecular weight excluding hydrogens is 1930 g/mol. The van der Waals surface area contributed by atoms with Crippen molar-refractivity contribution in [2.45, 2.75) is 310 Å². The summed E-state index contributed by atoms with van der Waals surface area (Å²) in [6.45, 7) is 25.9. The Balaban J connectivity index is 1.43. The molecule has 816 valence electrons. The number of nitrogens with one attached hydrogen (secondary N) is 19. The molecule has 3 heterocycles. The Morgan fingerprint density at radius 3 is 1.47 bits per heavy atom. The van der Waals surface area contributed by atoms with Gasteiger partial charge in [0.05, 0.1) is 25.3 Å². The highest BCUT2D eigenvalue weighted by Gasteiger charge is 2.44. The van der Waals surface area contributed by atoms with Crippen LogP contribution < -0.4 is 112 Å². The maximum atomic E-state index is 14.8. The number of thioether (sulfide) groups is 1. The minimum absolute atomic E-state index is 0.00534. The number of aliphatic hydroxyl groups excluding tert-OH is 2. The van der Waals surface area contributed by atoms with Crippen LogP contribution in [0.15, 0.2) is 77.3 Å². The van der Waals surface area contributed by atoms with Crippen molar-refractivity contribution in [3.63, 3.8) is 0 Å². The van der Waals surface area contributed by atoms with Crippen molar-refractivity contribution in [2.75, 3.05) is 46.1 Å². The number of nitrogens with zero attached hydrogens (tertiary/aromatic N) is 3. The molecule has 0 aliphatic carbocycles. The van der Waals surface area contributed by atoms with E-state index in [1.807, 2.05) is 13.8 Å². The van der Waals surface area contributed by atoms with Crippen LogP contribution in [0.2, 0.25) is 0 Å². The third-order valence-electron chi connectivity index (χ3n) is 24.9. The number of primary amides is 2. The van der Waals surface area contributed by atoms with Gasteiger partial charge in [-0.05, 0) is 155 Å². The van der Waals surface area contributed by atoms with E-state index in [9.17, 15) is 120 Å². The van der Waals surface area contributed by atoms with Crippen LogP contribution in [-0.4, -0.2) is 316 Å². The van der Waals surface area contributed by atoms with Gasteiger partial charge in [-0.15, -0.1) is 11.8 Å². The third-order valence-corrected chi connectivity index (χ3v) is 25.8. The number of aliphatic hydroxyl groups is 2. The average Bonchev–Trinajstić information content (AvgIpc) is 1.44. The van der Waals surface area contributed by atoms with Gasteiger partial charge < -0.3 is 132 Å². The van der Waals surface area contributed by atoms with Crippen molar-refractivity contribution in [2.24, 2.45) is 41.1 Å². The molecule has 0 saturated carbocycles. The Morgan fingerprint density at radius 1 is 0.497 bits per heavy atom. The number of carbonyl (C=O) groups excluding carboxylic acids is 23. The van der Waals surface area contributed by atoms with E-state index in [1.165, 1.54) is 77.1 Å². The maximum Gasteiger partial charge on any atom is 0.270 e. The van der Waals surface area contributed by atoms with Crippen LogP contribution in [0.5, 0.6) is 0 Å². The lowest BCUT2D eigenvalue weighted by Crippen LogP contribution is -2.62. The van der Waals surface area contributed by atoms with Crippen LogP contribution in [-0.2, 0) is 117 Å². The highest BCUT2D eigenvalue weighted by atomic mass is 32.2. The fourth-order valence-corrected chi connectivity index (χ4v) is 16.1. The topological polar surface area (TPSA) is 723 Å². The van der Waals surface area contributed by atoms with Gasteiger partial charge in [-0.1, -0.05) is 131 Å². The summed E-state index contributed by atoms with van der Waals surface area (Å²) < 4.78 is 0. The first-order valence-corrected chi connectivity index (χ1v) is 50.3. The zero-order valence-corrected chi connectivity index (χ0v) is 88.1. The van der Waals surface area contributed by atoms with Gasteiger partial charge in [-0.3, -0.25) is 115 Å². The summed E-state index contributed by atoms with van der Waals surface area (Å²) in [4.78, 5) is 321. The monoisotopic (exact) mass is 2090 g/mol. The molecular formula is C97H152N24O25S. The van der Waals surface area contributed by atoms with E-state index in [2.05, 4.69) is 101 Å². The Labute approximate surface area is 860 Å². The minimum Gasteiger partial charge on any atom is -0.394 e. The second-order valence-electron chi connectivity index (χ2n) is 37.9. The lowest BCUT2D eigenvalue weighted by molar-refractivity contribution is -0.139. The van der Waals surface area contributed by atoms with E-state index in [0.29, 0.717) is 18.4 Å². The van der Waals surface area contributed by atoms with Crippen molar-refractivity contribution < 1.29 is 120 Å². The molecule has 3 aliphatic rings. The summed E-state index contributed by atoms with van der Waals surface area (Å²) in [6, 6.07) is -15.4. The number of benzene rings is 1. The highest BCUT2D eigenvalue weighted by Crippen LogP contribution is 2.24. The summed E-state index contributed by atoms with van der Waals surface area (Å²) in [5.74, 6) is -23.1. The van der Waals surface area contributed by atoms with E-state index >= 15 is 0 Å². The van der Waals surface area contributed by atoms with Crippen molar-refractivity contribution in [1.82, 2.24) is 116 Å². The fourth-order valence-electron chi connectivity index (χ4n) is 15.4. The molecule has 4 rings (SSSR count). The normalized spacial score (nSPS) is 19.4. The first kappa shape index (κ1) is 126. The second-order valence-corrected chi connectivity index (χ2v) is 38.9. The highest BCUT2D eigenvalue weighted by molar-refractivity contribution is 8.02. The van der Waals surface area contributed by atoms with E-state index in [4.69, 9.17) is 11.5 Å². The zero-order valence-electron chi connectivity index (χ0n) is 87.3. The van der Waals surface area contributed by atoms with E-state index < -0.39 is 307 Å². The molecule has 2 fully saturated rings. The summed E-state index contributed by atoms with van der Waals surface area (Å²) in [5.41, 5.74) is 10.7. The van der Waals surface area contributed by atoms with Crippen molar-refractivity contribution in [3.8, 4) is 0 Å². The minimum atomic E-state index is -1.82. The van der Waals surface area contributed by atoms with E-state index in [0.717, 1.165) is 29.7 Å². The zero-order chi connectivity index (χ0) is 111. The lowest BCUT2D eigenvalue weighted by Gasteiger charge is -2.30. The molecule has 0 aromatic heterocycles. The third kappa shape index (κ3) is 39.8. The molecule has 50 heteroatoms. The number of likely N-dealkylation sites (N-methyl/N-ethyl adjacent to an activating group) is 1. The number of likely N-dealkylation sites (tertiary alicyclic amines) is 2. The fraction of sp³-hybridized carbons (Fsp3) is 0.619. The smallest absolute Gasteiger partial charge is 0.270 e. The molecule has 0 radical (unpaired) electrons. The van der Waals surface area contributed by atoms with Crippen LogP contribution in [0, 0.1) is 29.6 Å². The van der Waals surface area contributed by atoms with Gasteiger partial charge in [0.15, 0.2) is 0 Å². The predicted octanol–water partition coefficient (Wildman–Crippen LogP) is -5.13. The van der Waals surface area contributed by atoms with Crippen LogP contribution in [0.1, 0.15) is 201 Å². The molecule has 0 spiro atoms. The molecule has 25 N–H and O–H groups in total. The molecule has 147 heavy (non-hydrogen) atoms. The van der Waals surface area contributed by atoms with Gasteiger partial charge in [0, 0.05) is 44.3 Å². The Hall–Kier alpha value is -13.8. The predicted molar refractivity (Wildman–Crippen MR) is 539 cm³/mol. The summed E-state index contributed by atoms with van der Waals surface area (Å²) in [5, 5.41) is 70.6. The standard InChI is InChI=1S/C97H152N24O25S/c1-21-51(12)75(94(143)113-67-47-147-42-39-100-91(140)73(49(8)9)114-85(134)64(43-48(6)7)111-88(67)137)116-83(132)59(23-3)106-87(136)66(46-122)105-72(126)45-101-82(131)62(35-37-70(98)124)110-93(142)76(52(13)22-2)117-92(141)74(50(10)11)115-86(135)65(44-58-31-27-26-28-32-58)112-84(133)63(36-38-71(99)125)109-80(129)54(15)102-78(127)53(14)104-95(144)77(57(18)123)118-90(139)69-34-30-41-121(69)96(145)60(24-4)107-79(128)55(16)103-89(138)68-33-29-40-120(68)97(146)61(25-5)108-81(130)56(17)119(19)20/h23-28,31-32,39,42,48-57,62-69,73-77,122-123H,21-22,29-30,33-38,40-41,43-47H2,1-20H3,(H2,98,124)(H2,99,125)(H,100,140)(H,101,131)(H,102,127)(H,103,138)(H,104,144)(H,105,126)(H,106,136)(H,107,128)(H,108,130)(H,109,129)(H,110,142)(H,111,137)(H,112,133)(H,113,143)(H,114,134)(H,115,135)(H,116,132)(H,117,141)(H,118,139)/b42-39?,59-23-,60-24-,61-25-/t51-,52-,53-,54-,55-,56+,57-,62-,63-,64+,65+,66+,67+,68-,69-,73+,74+,75-,76-,77+/m1/s1. The molecule has 2 saturated heterocycles. The molecule has 1 aromatic rings. The number of carbonyl (C=O) groups is 23. The Morgan fingerprint density at radius 2 is 0.966 bits per heavy atom. The number of hydrogen-bond donors (Lipinski definition) is 23. The van der Waals surface area contributed by atoms with Crippen LogP contribution in [0.4, 0.5) is 0 Å². The second kappa shape index (κ2) is 61.6. The molecule has 1 aromatic carbocycles. The van der Waals surface area contributed by atoms with E-state index in [-0.39, 0.29) is 80.6 Å². The first-order chi connectivity index (χ1) is 69.1. The maximum absolute atomic E-state index is 14.8. The van der Waals surface area contributed by atoms with Crippen LogP contribution in [0.25, 0.3) is 0 Å². The molecule has 3 aliphatic heterocycles. The number of amides is 23. The summed E-state index contributed by atoms with van der Waals surface area (Å²) in [7, 11) is 3.39. The van der Waals surface area contributed by atoms with E-state index in [1.54, 1.807) is 105 Å². The Bertz CT molecular complexity index is 4990. The number of hydrogen-bond acceptors (Lipinski definition) is 27. The summed E-state index contributed by atoms with van der Waals surface area (Å²) in [6.07, 6.45) is 2.93. The van der Waals surface area contributed by atoms with Gasteiger partial charge in [-0.2, -0.15) is 0 Å². The SMILES string of the molecule is C/C=C(\NC(=O)[C@H](CO)NC(=O)CNC(=O)[C@@H](CCC(N)=O)NC(=O)[C@H](NC(=O)[C@@H](NC(=O)[C@H](Cc1ccccc1)NC(=O)[C@@H](CCC(N)=O)NC(=O)[C@@H](C)NC(=O)[C@@H](C)NC(=O)[C@@H](NC(=O)[C@H]1CCCN1C(=O)/C(=C/C)NC(=O)[C@@H](C)NC(=O)[C@H]1CCCN1C(=O)/C(=C/C)NC(=O)[C@H](C)N(C)C)[C@@H](C)O)C(C)C)[C@H](C)CC)C(=O)N[C@@H](C(=O)N[C@H]1CSC=CNC(=O)[C@H](C(C)C)NC(=O)[C@H](CC(C)C)NC1=O)[C@H](C)CC. The van der Waals surface area contributed by atoms with Crippen LogP contribution in [0.3, 0.4) is 0 Å². The van der Waals surface area contributed by atoms with Gasteiger partial charge in [-0.25, -0.2) is 0 Å². The Kier molecular flexibility index (Phi) is 52.6. The summed E-state index contributed by atoms with van der Waals surface area (Å²) >= 11 is 1.06. The molecule has 20 atom stereocenters. The first-order valence-electron chi connectivity index (χ1n) is 49.3. The van der Waals surface area contributed by atoms with Crippen molar-refractivity contribution >= 4 is 148 Å². The van der Waals surface area contributed by atoms with Gasteiger partial charge in [0.1, 0.15) is 114 Å². The van der Waals surface area contributed by atoms with Crippen molar-refractivity contribution in [3.05, 3.63) is 82.8 Å². The van der Waals surface area contributed by atoms with Crippen molar-refractivity contribution in [1.29, 1.82) is 0 Å². The molecule has 23 amide bonds. The lowest BCUT2D eigenvalue weighted by atomic mass is 9.95. The molecule has 49 nitrogen and oxygen atoms in total. The van der Waals surface area contributed by atoms with Gasteiger partial charge in [0.25, 0.3) is 17.7 Å². The van der Waals surface area contributed by atoms with Crippen LogP contribution >= 0.6 is 11.8 Å².